The number of amides is 1. The van der Waals surface area contributed by atoms with Gasteiger partial charge in [0.2, 0.25) is 5.91 Å². The van der Waals surface area contributed by atoms with Crippen LogP contribution in [0.3, 0.4) is 0 Å². The van der Waals surface area contributed by atoms with Crippen molar-refractivity contribution in [2.24, 2.45) is 13.0 Å². The maximum atomic E-state index is 11.7. The van der Waals surface area contributed by atoms with Crippen molar-refractivity contribution in [3.63, 3.8) is 0 Å². The monoisotopic (exact) mass is 465 g/mol. The van der Waals surface area contributed by atoms with E-state index in [2.05, 4.69) is 28.7 Å². The number of rotatable bonds is 5. The third kappa shape index (κ3) is 3.67. The second kappa shape index (κ2) is 8.39. The molecule has 1 N–H and O–H groups in total. The molecule has 6 rings (SSSR count). The number of hydrogen-bond donors (Lipinski definition) is 1. The highest BCUT2D eigenvalue weighted by molar-refractivity contribution is 5.92. The molecule has 0 radical (unpaired) electrons. The SMILES string of the molecule is Cc1c2c(OC(C)[C@H]3CNC(=O)C3)cc(-c3cnn([C@H]4COC5CCCO[C@@H]54)c3)cc2nn1C. The molecule has 3 saturated heterocycles. The highest BCUT2D eigenvalue weighted by Crippen LogP contribution is 2.37. The summed E-state index contributed by atoms with van der Waals surface area (Å²) in [6.45, 7) is 6.13. The van der Waals surface area contributed by atoms with Crippen LogP contribution in [0.25, 0.3) is 22.0 Å². The molecule has 180 valence electrons. The number of aryl methyl sites for hydroxylation is 2. The lowest BCUT2D eigenvalue weighted by Crippen LogP contribution is -2.35. The van der Waals surface area contributed by atoms with E-state index in [1.807, 2.05) is 36.5 Å². The van der Waals surface area contributed by atoms with Crippen LogP contribution in [0.2, 0.25) is 0 Å². The number of aromatic nitrogens is 4. The Labute approximate surface area is 198 Å². The molecule has 0 bridgehead atoms. The predicted molar refractivity (Wildman–Crippen MR) is 126 cm³/mol. The fourth-order valence-electron chi connectivity index (χ4n) is 5.48. The van der Waals surface area contributed by atoms with Crippen LogP contribution < -0.4 is 10.1 Å². The lowest BCUT2D eigenvalue weighted by Gasteiger charge is -2.27. The minimum atomic E-state index is -0.101. The van der Waals surface area contributed by atoms with Gasteiger partial charge in [-0.3, -0.25) is 14.2 Å². The summed E-state index contributed by atoms with van der Waals surface area (Å²) in [4.78, 5) is 11.7. The lowest BCUT2D eigenvalue weighted by atomic mass is 10.0. The number of hydrogen-bond acceptors (Lipinski definition) is 6. The zero-order chi connectivity index (χ0) is 23.4. The first-order valence-corrected chi connectivity index (χ1v) is 12.2. The average molecular weight is 466 g/mol. The van der Waals surface area contributed by atoms with E-state index in [9.17, 15) is 4.79 Å². The van der Waals surface area contributed by atoms with Gasteiger partial charge in [0.25, 0.3) is 0 Å². The third-order valence-electron chi connectivity index (χ3n) is 7.62. The van der Waals surface area contributed by atoms with Gasteiger partial charge < -0.3 is 19.5 Å². The summed E-state index contributed by atoms with van der Waals surface area (Å²) in [6, 6.07) is 4.25. The second-order valence-electron chi connectivity index (χ2n) is 9.79. The van der Waals surface area contributed by atoms with Crippen LogP contribution in [-0.2, 0) is 21.3 Å². The summed E-state index contributed by atoms with van der Waals surface area (Å²) in [6.07, 6.45) is 6.67. The number of carbonyl (C=O) groups excluding carboxylic acids is 1. The van der Waals surface area contributed by atoms with E-state index in [1.54, 1.807) is 0 Å². The van der Waals surface area contributed by atoms with E-state index in [0.717, 1.165) is 52.9 Å². The molecule has 3 aromatic rings. The van der Waals surface area contributed by atoms with Gasteiger partial charge in [0.15, 0.2) is 0 Å². The Morgan fingerprint density at radius 2 is 2.15 bits per heavy atom. The van der Waals surface area contributed by atoms with Crippen LogP contribution in [0.1, 0.15) is 37.9 Å². The molecule has 0 aliphatic carbocycles. The molecule has 9 heteroatoms. The van der Waals surface area contributed by atoms with Crippen molar-refractivity contribution in [1.29, 1.82) is 0 Å². The van der Waals surface area contributed by atoms with Gasteiger partial charge in [-0.05, 0) is 44.4 Å². The second-order valence-corrected chi connectivity index (χ2v) is 9.79. The van der Waals surface area contributed by atoms with Gasteiger partial charge in [-0.2, -0.15) is 10.2 Å². The molecule has 0 saturated carbocycles. The third-order valence-corrected chi connectivity index (χ3v) is 7.62. The van der Waals surface area contributed by atoms with Gasteiger partial charge in [-0.15, -0.1) is 0 Å². The average Bonchev–Trinajstić information content (AvgIpc) is 3.60. The molecule has 2 unspecified atom stereocenters. The van der Waals surface area contributed by atoms with Gasteiger partial charge in [0.05, 0.1) is 29.8 Å². The van der Waals surface area contributed by atoms with E-state index < -0.39 is 0 Å². The standard InChI is InChI=1S/C25H31N5O4/c1-14-24-19(28-29(14)3)7-16(8-22(24)34-15(2)17-9-23(31)26-10-17)18-11-27-30(12-18)20-13-33-21-5-4-6-32-25(20)21/h7-8,11-12,15,17,20-21,25H,4-6,9-10,13H2,1-3H3,(H,26,31)/t15?,17-,20+,21?,25-/m1/s1. The van der Waals surface area contributed by atoms with Crippen LogP contribution in [0.4, 0.5) is 0 Å². The number of ether oxygens (including phenoxy) is 3. The molecule has 5 heterocycles. The number of nitrogens with one attached hydrogen (secondary N) is 1. The maximum Gasteiger partial charge on any atom is 0.220 e. The molecule has 0 spiro atoms. The normalized spacial score (nSPS) is 27.7. The van der Waals surface area contributed by atoms with Gasteiger partial charge in [-0.25, -0.2) is 0 Å². The summed E-state index contributed by atoms with van der Waals surface area (Å²) in [5.74, 6) is 1.03. The van der Waals surface area contributed by atoms with Gasteiger partial charge in [-0.1, -0.05) is 0 Å². The Kier molecular flexibility index (Phi) is 5.33. The first-order valence-electron chi connectivity index (χ1n) is 12.2. The van der Waals surface area contributed by atoms with E-state index >= 15 is 0 Å². The largest absolute Gasteiger partial charge is 0.490 e. The van der Waals surface area contributed by atoms with E-state index in [4.69, 9.17) is 19.3 Å². The molecule has 3 aliphatic rings. The Morgan fingerprint density at radius 1 is 1.26 bits per heavy atom. The molecular weight excluding hydrogens is 434 g/mol. The summed E-state index contributed by atoms with van der Waals surface area (Å²) >= 11 is 0. The molecule has 34 heavy (non-hydrogen) atoms. The highest BCUT2D eigenvalue weighted by atomic mass is 16.6. The van der Waals surface area contributed by atoms with Crippen LogP contribution in [0.15, 0.2) is 24.5 Å². The first kappa shape index (κ1) is 21.6. The molecule has 3 fully saturated rings. The van der Waals surface area contributed by atoms with Crippen molar-refractivity contribution in [2.75, 3.05) is 19.8 Å². The summed E-state index contributed by atoms with van der Waals surface area (Å²) in [5, 5.41) is 13.3. The zero-order valence-corrected chi connectivity index (χ0v) is 19.9. The zero-order valence-electron chi connectivity index (χ0n) is 19.9. The first-order chi connectivity index (χ1) is 16.5. The molecule has 9 nitrogen and oxygen atoms in total. The fraction of sp³-hybridized carbons (Fsp3) is 0.560. The number of nitrogens with zero attached hydrogens (tertiary/aromatic N) is 4. The molecule has 1 aromatic carbocycles. The quantitative estimate of drug-likeness (QED) is 0.623. The van der Waals surface area contributed by atoms with Crippen LogP contribution >= 0.6 is 0 Å². The van der Waals surface area contributed by atoms with Gasteiger partial charge in [0, 0.05) is 50.0 Å². The Bertz CT molecular complexity index is 1230. The van der Waals surface area contributed by atoms with Crippen LogP contribution in [0.5, 0.6) is 5.75 Å². The molecule has 2 aromatic heterocycles. The smallest absolute Gasteiger partial charge is 0.220 e. The number of fused-ring (bicyclic) bond motifs is 2. The Balaban J connectivity index is 1.33. The number of benzene rings is 1. The summed E-state index contributed by atoms with van der Waals surface area (Å²) < 4.78 is 22.4. The van der Waals surface area contributed by atoms with E-state index in [-0.39, 0.29) is 36.2 Å². The molecule has 1 amide bonds. The predicted octanol–water partition coefficient (Wildman–Crippen LogP) is 2.77. The van der Waals surface area contributed by atoms with Crippen molar-refractivity contribution in [1.82, 2.24) is 24.9 Å². The van der Waals surface area contributed by atoms with Gasteiger partial charge >= 0.3 is 0 Å². The van der Waals surface area contributed by atoms with Crippen LogP contribution in [0, 0.1) is 12.8 Å². The van der Waals surface area contributed by atoms with Crippen molar-refractivity contribution in [2.45, 2.75) is 57.5 Å². The van der Waals surface area contributed by atoms with E-state index in [1.165, 1.54) is 0 Å². The Morgan fingerprint density at radius 3 is 2.97 bits per heavy atom. The minimum absolute atomic E-state index is 0.0601. The molecule has 5 atom stereocenters. The van der Waals surface area contributed by atoms with Crippen molar-refractivity contribution >= 4 is 16.8 Å². The maximum absolute atomic E-state index is 11.7. The fourth-order valence-corrected chi connectivity index (χ4v) is 5.48. The summed E-state index contributed by atoms with van der Waals surface area (Å²) in [5.41, 5.74) is 3.93. The number of carbonyl (C=O) groups is 1. The lowest BCUT2D eigenvalue weighted by molar-refractivity contribution is -0.119. The summed E-state index contributed by atoms with van der Waals surface area (Å²) in [7, 11) is 1.94. The highest BCUT2D eigenvalue weighted by Gasteiger charge is 2.41. The van der Waals surface area contributed by atoms with E-state index in [0.29, 0.717) is 19.6 Å². The van der Waals surface area contributed by atoms with Gasteiger partial charge in [0.1, 0.15) is 24.0 Å². The molecular formula is C25H31N5O4. The van der Waals surface area contributed by atoms with Crippen molar-refractivity contribution < 1.29 is 19.0 Å². The van der Waals surface area contributed by atoms with Crippen LogP contribution in [-0.4, -0.2) is 63.5 Å². The minimum Gasteiger partial charge on any atom is -0.490 e. The van der Waals surface area contributed by atoms with Crippen molar-refractivity contribution in [3.05, 3.63) is 30.2 Å². The Hall–Kier alpha value is -2.91. The molecule has 3 aliphatic heterocycles. The van der Waals surface area contributed by atoms with Crippen molar-refractivity contribution in [3.8, 4) is 16.9 Å². The topological polar surface area (TPSA) is 92.4 Å².